The average molecular weight is 597 g/mol. The van der Waals surface area contributed by atoms with Crippen molar-refractivity contribution in [3.63, 3.8) is 0 Å². The van der Waals surface area contributed by atoms with E-state index < -0.39 is 0 Å². The van der Waals surface area contributed by atoms with Crippen LogP contribution in [0.2, 0.25) is 0 Å². The van der Waals surface area contributed by atoms with Crippen molar-refractivity contribution in [1.82, 2.24) is 0 Å². The first-order chi connectivity index (χ1) is 20.9. The van der Waals surface area contributed by atoms with Crippen LogP contribution in [0.15, 0.2) is 154 Å². The van der Waals surface area contributed by atoms with Crippen LogP contribution >= 0.6 is 0 Å². The summed E-state index contributed by atoms with van der Waals surface area (Å²) >= 11 is 0. The van der Waals surface area contributed by atoms with E-state index in [1.807, 2.05) is 0 Å². The van der Waals surface area contributed by atoms with Crippen molar-refractivity contribution < 1.29 is 9.47 Å². The molecule has 0 radical (unpaired) electrons. The number of rotatable bonds is 18. The van der Waals surface area contributed by atoms with E-state index in [1.54, 1.807) is 14.2 Å². The summed E-state index contributed by atoms with van der Waals surface area (Å²) in [6, 6.07) is 0. The first-order valence-electron chi connectivity index (χ1n) is 15.6. The minimum atomic E-state index is 0.134. The number of hydrogen-bond donors (Lipinski definition) is 0. The molecular weight excluding hydrogens is 536 g/mol. The van der Waals surface area contributed by atoms with Gasteiger partial charge in [0.15, 0.2) is 0 Å². The van der Waals surface area contributed by atoms with E-state index in [1.165, 1.54) is 44.6 Å². The molecule has 0 rings (SSSR count). The van der Waals surface area contributed by atoms with E-state index in [0.29, 0.717) is 0 Å². The maximum atomic E-state index is 5.55. The molecule has 0 heterocycles. The molecule has 0 saturated heterocycles. The molecule has 0 spiro atoms. The lowest BCUT2D eigenvalue weighted by molar-refractivity contribution is 0.140. The second-order valence-corrected chi connectivity index (χ2v) is 11.9. The van der Waals surface area contributed by atoms with Gasteiger partial charge in [0, 0.05) is 14.2 Å². The van der Waals surface area contributed by atoms with Gasteiger partial charge < -0.3 is 9.47 Å². The average Bonchev–Trinajstić information content (AvgIpc) is 2.94. The summed E-state index contributed by atoms with van der Waals surface area (Å²) in [6.07, 6.45) is 40.3. The molecule has 0 saturated carbocycles. The lowest BCUT2D eigenvalue weighted by Gasteiger charge is -2.11. The molecule has 0 aromatic rings. The largest absolute Gasteiger partial charge is 0.377 e. The van der Waals surface area contributed by atoms with Crippen LogP contribution in [0.25, 0.3) is 0 Å². The first kappa shape index (κ1) is 40.5. The molecule has 0 aliphatic carbocycles. The van der Waals surface area contributed by atoms with Gasteiger partial charge in [-0.15, -0.1) is 0 Å². The minimum Gasteiger partial charge on any atom is -0.377 e. The third kappa shape index (κ3) is 24.0. The van der Waals surface area contributed by atoms with E-state index in [-0.39, 0.29) is 12.2 Å². The fourth-order valence-electron chi connectivity index (χ4n) is 4.00. The van der Waals surface area contributed by atoms with Gasteiger partial charge in [0.2, 0.25) is 0 Å². The zero-order valence-electron chi connectivity index (χ0n) is 29.8. The van der Waals surface area contributed by atoms with Gasteiger partial charge in [-0.3, -0.25) is 0 Å². The van der Waals surface area contributed by atoms with Crippen molar-refractivity contribution in [3.05, 3.63) is 154 Å². The second-order valence-electron chi connectivity index (χ2n) is 11.9. The van der Waals surface area contributed by atoms with Crippen LogP contribution in [-0.4, -0.2) is 26.4 Å². The molecule has 0 aliphatic heterocycles. The molecule has 0 aromatic heterocycles. The maximum Gasteiger partial charge on any atom is 0.0791 e. The number of allylic oxidation sites excluding steroid dienone is 22. The summed E-state index contributed by atoms with van der Waals surface area (Å²) in [5.41, 5.74) is 9.94. The molecule has 2 nitrogen and oxygen atoms in total. The van der Waals surface area contributed by atoms with Crippen molar-refractivity contribution >= 4 is 0 Å². The van der Waals surface area contributed by atoms with Crippen LogP contribution in [0.5, 0.6) is 0 Å². The third-order valence-corrected chi connectivity index (χ3v) is 6.44. The Morgan fingerprint density at radius 3 is 0.955 bits per heavy atom. The van der Waals surface area contributed by atoms with Gasteiger partial charge in [-0.1, -0.05) is 154 Å². The van der Waals surface area contributed by atoms with Crippen molar-refractivity contribution in [1.29, 1.82) is 0 Å². The van der Waals surface area contributed by atoms with Gasteiger partial charge in [-0.05, 0) is 82.1 Å². The molecule has 240 valence electrons. The summed E-state index contributed by atoms with van der Waals surface area (Å²) in [4.78, 5) is 0. The SMILES string of the molecule is COC(C=C(C)C)C/C(C)=C/C=C/C(C)=C/C=C/C(C)=C/C=C/C=C(C)/C=C/C=C(C)/C=C/C=C(\C)CC(C=C(C)C)OC. The Labute approximate surface area is 271 Å². The normalized spacial score (nSPS) is 16.3. The summed E-state index contributed by atoms with van der Waals surface area (Å²) < 4.78 is 11.1. The van der Waals surface area contributed by atoms with Crippen LogP contribution in [0, 0.1) is 0 Å². The van der Waals surface area contributed by atoms with E-state index in [9.17, 15) is 0 Å². The molecular formula is C42H60O2. The predicted molar refractivity (Wildman–Crippen MR) is 198 cm³/mol. The maximum absolute atomic E-state index is 5.55. The molecule has 0 fully saturated rings. The summed E-state index contributed by atoms with van der Waals surface area (Å²) in [5.74, 6) is 0. The summed E-state index contributed by atoms with van der Waals surface area (Å²) in [7, 11) is 3.53. The minimum absolute atomic E-state index is 0.134. The van der Waals surface area contributed by atoms with Crippen LogP contribution < -0.4 is 0 Å². The zero-order chi connectivity index (χ0) is 33.3. The molecule has 0 aromatic carbocycles. The Morgan fingerprint density at radius 2 is 0.682 bits per heavy atom. The van der Waals surface area contributed by atoms with E-state index >= 15 is 0 Å². The molecule has 2 unspecified atom stereocenters. The topological polar surface area (TPSA) is 18.5 Å². The molecule has 0 amide bonds. The smallest absolute Gasteiger partial charge is 0.0791 e. The Kier molecular flexibility index (Phi) is 23.0. The molecule has 0 aliphatic rings. The van der Waals surface area contributed by atoms with E-state index in [0.717, 1.165) is 12.8 Å². The van der Waals surface area contributed by atoms with E-state index in [2.05, 4.69) is 179 Å². The fourth-order valence-corrected chi connectivity index (χ4v) is 4.00. The lowest BCUT2D eigenvalue weighted by atomic mass is 10.1. The zero-order valence-corrected chi connectivity index (χ0v) is 29.8. The predicted octanol–water partition coefficient (Wildman–Crippen LogP) is 12.2. The second kappa shape index (κ2) is 24.9. The monoisotopic (exact) mass is 596 g/mol. The van der Waals surface area contributed by atoms with Gasteiger partial charge in [-0.25, -0.2) is 0 Å². The molecule has 0 N–H and O–H groups in total. The Bertz CT molecular complexity index is 1150. The van der Waals surface area contributed by atoms with Gasteiger partial charge in [-0.2, -0.15) is 0 Å². The third-order valence-electron chi connectivity index (χ3n) is 6.44. The standard InChI is InChI=1S/C42H60O2/c1-33(2)29-41(43-11)31-39(9)27-17-25-37(7)23-15-21-35(5)19-13-14-20-36(6)22-16-24-38(8)26-18-28-40(10)32-42(44-12)30-34(3)4/h13-30,41-42H,31-32H2,1-12H3/b14-13+,21-15+,22-16+,25-17+,26-18+,35-19+,36-20+,37-23+,38-24+,39-27+,40-28+. The van der Waals surface area contributed by atoms with Gasteiger partial charge >= 0.3 is 0 Å². The summed E-state index contributed by atoms with van der Waals surface area (Å²) in [5, 5.41) is 0. The quantitative estimate of drug-likeness (QED) is 0.116. The van der Waals surface area contributed by atoms with Crippen LogP contribution in [0.1, 0.15) is 82.1 Å². The highest BCUT2D eigenvalue weighted by Gasteiger charge is 2.04. The molecule has 0 bridgehead atoms. The van der Waals surface area contributed by atoms with Gasteiger partial charge in [0.1, 0.15) is 0 Å². The first-order valence-corrected chi connectivity index (χ1v) is 15.6. The molecule has 2 atom stereocenters. The van der Waals surface area contributed by atoms with Gasteiger partial charge in [0.25, 0.3) is 0 Å². The van der Waals surface area contributed by atoms with Gasteiger partial charge in [0.05, 0.1) is 12.2 Å². The highest BCUT2D eigenvalue weighted by atomic mass is 16.5. The molecule has 44 heavy (non-hydrogen) atoms. The Balaban J connectivity index is 4.87. The van der Waals surface area contributed by atoms with Crippen molar-refractivity contribution in [2.75, 3.05) is 14.2 Å². The van der Waals surface area contributed by atoms with Crippen LogP contribution in [0.3, 0.4) is 0 Å². The lowest BCUT2D eigenvalue weighted by Crippen LogP contribution is -2.07. The van der Waals surface area contributed by atoms with Crippen molar-refractivity contribution in [2.45, 2.75) is 94.3 Å². The number of methoxy groups -OCH3 is 2. The number of ether oxygens (including phenoxy) is 2. The number of hydrogen-bond acceptors (Lipinski definition) is 2. The fraction of sp³-hybridized carbons (Fsp3) is 0.381. The molecule has 2 heteroatoms. The van der Waals surface area contributed by atoms with Crippen molar-refractivity contribution in [2.24, 2.45) is 0 Å². The highest BCUT2D eigenvalue weighted by molar-refractivity contribution is 5.32. The van der Waals surface area contributed by atoms with Crippen LogP contribution in [0.4, 0.5) is 0 Å². The Morgan fingerprint density at radius 1 is 0.409 bits per heavy atom. The van der Waals surface area contributed by atoms with Crippen molar-refractivity contribution in [3.8, 4) is 0 Å². The summed E-state index contributed by atoms with van der Waals surface area (Å²) in [6.45, 7) is 21.1. The van der Waals surface area contributed by atoms with Crippen LogP contribution in [-0.2, 0) is 9.47 Å². The Hall–Kier alpha value is -3.46. The highest BCUT2D eigenvalue weighted by Crippen LogP contribution is 2.13. The van der Waals surface area contributed by atoms with E-state index in [4.69, 9.17) is 9.47 Å².